The first-order chi connectivity index (χ1) is 6.20. The van der Waals surface area contributed by atoms with Gasteiger partial charge >= 0.3 is 5.97 Å². The fourth-order valence-corrected chi connectivity index (χ4v) is 0.947. The summed E-state index contributed by atoms with van der Waals surface area (Å²) < 4.78 is 4.75. The van der Waals surface area contributed by atoms with E-state index < -0.39 is 0 Å². The van der Waals surface area contributed by atoms with E-state index in [9.17, 15) is 4.79 Å². The Balaban J connectivity index is 3.80. The van der Waals surface area contributed by atoms with Crippen LogP contribution < -0.4 is 0 Å². The average molecular weight is 182 g/mol. The van der Waals surface area contributed by atoms with Crippen LogP contribution >= 0.6 is 0 Å². The van der Waals surface area contributed by atoms with Crippen LogP contribution in [-0.4, -0.2) is 5.97 Å². The summed E-state index contributed by atoms with van der Waals surface area (Å²) >= 11 is 0. The van der Waals surface area contributed by atoms with Crippen molar-refractivity contribution >= 4 is 5.97 Å². The first kappa shape index (κ1) is 11.9. The minimum atomic E-state index is -0.283. The Hall–Kier alpha value is -1.05. The summed E-state index contributed by atoms with van der Waals surface area (Å²) in [5.41, 5.74) is 0.989. The molecule has 0 saturated heterocycles. The monoisotopic (exact) mass is 182 g/mol. The lowest BCUT2D eigenvalue weighted by Gasteiger charge is -2.00. The zero-order valence-corrected chi connectivity index (χ0v) is 8.51. The van der Waals surface area contributed by atoms with Gasteiger partial charge in [-0.2, -0.15) is 0 Å². The summed E-state index contributed by atoms with van der Waals surface area (Å²) in [4.78, 5) is 10.5. The summed E-state index contributed by atoms with van der Waals surface area (Å²) in [7, 11) is 0. The largest absolute Gasteiger partial charge is 0.434 e. The highest BCUT2D eigenvalue weighted by molar-refractivity contribution is 5.66. The SMILES string of the molecule is C=CC(=COC(C)=O)CCCCC. The first-order valence-corrected chi connectivity index (χ1v) is 4.69. The number of rotatable bonds is 6. The molecule has 0 heterocycles. The highest BCUT2D eigenvalue weighted by Crippen LogP contribution is 2.09. The molecule has 0 fully saturated rings. The molecule has 0 aromatic carbocycles. The van der Waals surface area contributed by atoms with Crippen molar-refractivity contribution in [2.24, 2.45) is 0 Å². The van der Waals surface area contributed by atoms with Gasteiger partial charge in [0, 0.05) is 6.92 Å². The average Bonchev–Trinajstić information content (AvgIpc) is 2.10. The van der Waals surface area contributed by atoms with E-state index >= 15 is 0 Å². The molecule has 0 aromatic rings. The Labute approximate surface area is 80.3 Å². The number of esters is 1. The third-order valence-electron chi connectivity index (χ3n) is 1.71. The molecule has 0 atom stereocenters. The van der Waals surface area contributed by atoms with Crippen molar-refractivity contribution < 1.29 is 9.53 Å². The molecule has 2 nitrogen and oxygen atoms in total. The Morgan fingerprint density at radius 2 is 2.15 bits per heavy atom. The van der Waals surface area contributed by atoms with Crippen LogP contribution in [0.4, 0.5) is 0 Å². The van der Waals surface area contributed by atoms with Crippen molar-refractivity contribution in [3.05, 3.63) is 24.5 Å². The number of carbonyl (C=O) groups is 1. The van der Waals surface area contributed by atoms with E-state index in [0.717, 1.165) is 18.4 Å². The molecule has 0 unspecified atom stereocenters. The molecule has 0 radical (unpaired) electrons. The minimum absolute atomic E-state index is 0.283. The molecule has 0 spiro atoms. The molecule has 13 heavy (non-hydrogen) atoms. The third-order valence-corrected chi connectivity index (χ3v) is 1.71. The lowest BCUT2D eigenvalue weighted by Crippen LogP contribution is -1.92. The van der Waals surface area contributed by atoms with Gasteiger partial charge in [-0.15, -0.1) is 0 Å². The van der Waals surface area contributed by atoms with Gasteiger partial charge in [0.2, 0.25) is 0 Å². The molecule has 0 bridgehead atoms. The highest BCUT2D eigenvalue weighted by atomic mass is 16.5. The van der Waals surface area contributed by atoms with E-state index in [1.807, 2.05) is 0 Å². The summed E-state index contributed by atoms with van der Waals surface area (Å²) in [6, 6.07) is 0. The Morgan fingerprint density at radius 1 is 1.46 bits per heavy atom. The topological polar surface area (TPSA) is 26.3 Å². The molecule has 0 aliphatic heterocycles. The summed E-state index contributed by atoms with van der Waals surface area (Å²) in [6.07, 6.45) is 7.67. The normalized spacial score (nSPS) is 11.1. The smallest absolute Gasteiger partial charge is 0.307 e. The Kier molecular flexibility index (Phi) is 6.98. The van der Waals surface area contributed by atoms with E-state index in [-0.39, 0.29) is 5.97 Å². The summed E-state index contributed by atoms with van der Waals surface area (Å²) in [5.74, 6) is -0.283. The van der Waals surface area contributed by atoms with Crippen molar-refractivity contribution in [2.75, 3.05) is 0 Å². The number of allylic oxidation sites excluding steroid dienone is 2. The maximum absolute atomic E-state index is 10.5. The zero-order valence-electron chi connectivity index (χ0n) is 8.51. The fraction of sp³-hybridized carbons (Fsp3) is 0.545. The van der Waals surface area contributed by atoms with E-state index in [4.69, 9.17) is 4.74 Å². The number of hydrogen-bond donors (Lipinski definition) is 0. The van der Waals surface area contributed by atoms with Gasteiger partial charge in [-0.05, 0) is 18.4 Å². The van der Waals surface area contributed by atoms with Crippen molar-refractivity contribution in [3.63, 3.8) is 0 Å². The van der Waals surface area contributed by atoms with Crippen LogP contribution in [0.5, 0.6) is 0 Å². The maximum atomic E-state index is 10.5. The van der Waals surface area contributed by atoms with Crippen LogP contribution in [0.3, 0.4) is 0 Å². The summed E-state index contributed by atoms with van der Waals surface area (Å²) in [6.45, 7) is 7.21. The molecular formula is C11H18O2. The van der Waals surface area contributed by atoms with Gasteiger partial charge in [-0.25, -0.2) is 0 Å². The van der Waals surface area contributed by atoms with E-state index in [0.29, 0.717) is 0 Å². The van der Waals surface area contributed by atoms with Gasteiger partial charge in [-0.1, -0.05) is 32.4 Å². The molecule has 0 N–H and O–H groups in total. The van der Waals surface area contributed by atoms with Crippen LogP contribution in [0, 0.1) is 0 Å². The quantitative estimate of drug-likeness (QED) is 0.273. The maximum Gasteiger partial charge on any atom is 0.307 e. The van der Waals surface area contributed by atoms with Crippen molar-refractivity contribution in [1.82, 2.24) is 0 Å². The predicted octanol–water partition coefficient (Wildman–Crippen LogP) is 3.20. The van der Waals surface area contributed by atoms with Crippen LogP contribution in [0.1, 0.15) is 39.5 Å². The molecule has 2 heteroatoms. The van der Waals surface area contributed by atoms with E-state index in [1.165, 1.54) is 26.0 Å². The Bertz CT molecular complexity index is 192. The van der Waals surface area contributed by atoms with Gasteiger partial charge in [0.05, 0.1) is 6.26 Å². The van der Waals surface area contributed by atoms with Crippen LogP contribution in [0.2, 0.25) is 0 Å². The number of carbonyl (C=O) groups excluding carboxylic acids is 1. The van der Waals surface area contributed by atoms with Crippen molar-refractivity contribution in [3.8, 4) is 0 Å². The molecule has 0 rings (SSSR count). The van der Waals surface area contributed by atoms with Gasteiger partial charge in [0.15, 0.2) is 0 Å². The second-order valence-electron chi connectivity index (χ2n) is 2.96. The van der Waals surface area contributed by atoms with Crippen LogP contribution in [0.15, 0.2) is 24.5 Å². The lowest BCUT2D eigenvalue weighted by atomic mass is 10.1. The van der Waals surface area contributed by atoms with Gasteiger partial charge in [0.1, 0.15) is 0 Å². The molecule has 0 aromatic heterocycles. The molecular weight excluding hydrogens is 164 g/mol. The van der Waals surface area contributed by atoms with Crippen molar-refractivity contribution in [1.29, 1.82) is 0 Å². The number of hydrogen-bond acceptors (Lipinski definition) is 2. The highest BCUT2D eigenvalue weighted by Gasteiger charge is 1.94. The minimum Gasteiger partial charge on any atom is -0.434 e. The second-order valence-corrected chi connectivity index (χ2v) is 2.96. The van der Waals surface area contributed by atoms with Gasteiger partial charge in [0.25, 0.3) is 0 Å². The van der Waals surface area contributed by atoms with Crippen LogP contribution in [-0.2, 0) is 9.53 Å². The molecule has 0 aliphatic carbocycles. The fourth-order valence-electron chi connectivity index (χ4n) is 0.947. The second kappa shape index (κ2) is 7.59. The van der Waals surface area contributed by atoms with E-state index in [1.54, 1.807) is 6.08 Å². The van der Waals surface area contributed by atoms with Gasteiger partial charge in [-0.3, -0.25) is 4.79 Å². The molecule has 0 amide bonds. The molecule has 0 aliphatic rings. The predicted molar refractivity (Wildman–Crippen MR) is 54.2 cm³/mol. The first-order valence-electron chi connectivity index (χ1n) is 4.69. The van der Waals surface area contributed by atoms with Crippen molar-refractivity contribution in [2.45, 2.75) is 39.5 Å². The standard InChI is InChI=1S/C11H18O2/c1-4-6-7-8-11(5-2)9-13-10(3)12/h5,9H,2,4,6-8H2,1,3H3. The van der Waals surface area contributed by atoms with Crippen LogP contribution in [0.25, 0.3) is 0 Å². The zero-order chi connectivity index (χ0) is 10.1. The third kappa shape index (κ3) is 7.32. The summed E-state index contributed by atoms with van der Waals surface area (Å²) in [5, 5.41) is 0. The van der Waals surface area contributed by atoms with E-state index in [2.05, 4.69) is 13.5 Å². The molecule has 74 valence electrons. The number of unbranched alkanes of at least 4 members (excludes halogenated alkanes) is 2. The number of ether oxygens (including phenoxy) is 1. The molecule has 0 saturated carbocycles. The lowest BCUT2D eigenvalue weighted by molar-refractivity contribution is -0.135. The Morgan fingerprint density at radius 3 is 2.62 bits per heavy atom. The van der Waals surface area contributed by atoms with Gasteiger partial charge < -0.3 is 4.74 Å².